The largest absolute Gasteiger partial charge is 0.393 e. The predicted octanol–water partition coefficient (Wildman–Crippen LogP) is 1.69. The second kappa shape index (κ2) is 5.99. The number of aliphatic hydroxyl groups excluding tert-OH is 1. The zero-order valence-electron chi connectivity index (χ0n) is 10.3. The molecule has 94 valence electrons. The van der Waals surface area contributed by atoms with Gasteiger partial charge in [-0.1, -0.05) is 13.3 Å². The van der Waals surface area contributed by atoms with Crippen molar-refractivity contribution >= 4 is 0 Å². The van der Waals surface area contributed by atoms with Gasteiger partial charge in [-0.3, -0.25) is 0 Å². The summed E-state index contributed by atoms with van der Waals surface area (Å²) in [6, 6.07) is 0.642. The maximum absolute atomic E-state index is 9.22. The molecule has 0 aromatic carbocycles. The van der Waals surface area contributed by atoms with Gasteiger partial charge in [0.25, 0.3) is 0 Å². The van der Waals surface area contributed by atoms with Crippen LogP contribution in [0.15, 0.2) is 0 Å². The van der Waals surface area contributed by atoms with E-state index in [-0.39, 0.29) is 6.10 Å². The fourth-order valence-corrected chi connectivity index (χ4v) is 2.79. The van der Waals surface area contributed by atoms with Crippen LogP contribution in [-0.2, 0) is 4.74 Å². The van der Waals surface area contributed by atoms with Crippen LogP contribution in [0.25, 0.3) is 0 Å². The SMILES string of the molecule is CCCC1CC(NCC2CC(O)C2)CCO1. The normalized spacial score (nSPS) is 39.4. The van der Waals surface area contributed by atoms with Crippen LogP contribution in [0.1, 0.15) is 45.4 Å². The molecule has 2 aliphatic rings. The quantitative estimate of drug-likeness (QED) is 0.751. The molecule has 2 N–H and O–H groups in total. The van der Waals surface area contributed by atoms with Gasteiger partial charge in [0.15, 0.2) is 0 Å². The van der Waals surface area contributed by atoms with Crippen LogP contribution in [0.4, 0.5) is 0 Å². The summed E-state index contributed by atoms with van der Waals surface area (Å²) in [5, 5.41) is 12.9. The first kappa shape index (κ1) is 12.3. The van der Waals surface area contributed by atoms with Crippen molar-refractivity contribution in [3.8, 4) is 0 Å². The first-order chi connectivity index (χ1) is 7.78. The van der Waals surface area contributed by atoms with Crippen LogP contribution in [0, 0.1) is 5.92 Å². The maximum Gasteiger partial charge on any atom is 0.0589 e. The van der Waals surface area contributed by atoms with Crippen molar-refractivity contribution in [1.82, 2.24) is 5.32 Å². The summed E-state index contributed by atoms with van der Waals surface area (Å²) in [5.41, 5.74) is 0. The van der Waals surface area contributed by atoms with Gasteiger partial charge in [0, 0.05) is 12.6 Å². The molecule has 1 heterocycles. The third-order valence-electron chi connectivity index (χ3n) is 3.88. The second-order valence-corrected chi connectivity index (χ2v) is 5.40. The highest BCUT2D eigenvalue weighted by Gasteiger charge is 2.28. The van der Waals surface area contributed by atoms with Crippen molar-refractivity contribution in [3.05, 3.63) is 0 Å². The third-order valence-corrected chi connectivity index (χ3v) is 3.88. The van der Waals surface area contributed by atoms with Gasteiger partial charge in [-0.2, -0.15) is 0 Å². The van der Waals surface area contributed by atoms with Gasteiger partial charge in [0.1, 0.15) is 0 Å². The summed E-state index contributed by atoms with van der Waals surface area (Å²) in [6.07, 6.45) is 7.17. The molecule has 2 unspecified atom stereocenters. The zero-order valence-corrected chi connectivity index (χ0v) is 10.3. The van der Waals surface area contributed by atoms with Gasteiger partial charge in [-0.25, -0.2) is 0 Å². The number of rotatable bonds is 5. The first-order valence-corrected chi connectivity index (χ1v) is 6.81. The second-order valence-electron chi connectivity index (χ2n) is 5.40. The van der Waals surface area contributed by atoms with E-state index in [1.165, 1.54) is 19.3 Å². The number of hydrogen-bond acceptors (Lipinski definition) is 3. The van der Waals surface area contributed by atoms with Crippen molar-refractivity contribution in [2.75, 3.05) is 13.2 Å². The van der Waals surface area contributed by atoms with E-state index in [9.17, 15) is 5.11 Å². The van der Waals surface area contributed by atoms with Crippen molar-refractivity contribution < 1.29 is 9.84 Å². The Morgan fingerprint density at radius 1 is 1.31 bits per heavy atom. The topological polar surface area (TPSA) is 41.5 Å². The minimum absolute atomic E-state index is 0.0191. The Balaban J connectivity index is 1.61. The Morgan fingerprint density at radius 2 is 2.12 bits per heavy atom. The number of nitrogens with one attached hydrogen (secondary N) is 1. The summed E-state index contributed by atoms with van der Waals surface area (Å²) in [6.45, 7) is 4.21. The molecule has 0 aromatic heterocycles. The molecule has 0 aromatic rings. The van der Waals surface area contributed by atoms with Crippen molar-refractivity contribution in [2.24, 2.45) is 5.92 Å². The predicted molar refractivity (Wildman–Crippen MR) is 64.4 cm³/mol. The maximum atomic E-state index is 9.22. The molecule has 1 aliphatic carbocycles. The molecule has 0 radical (unpaired) electrons. The lowest BCUT2D eigenvalue weighted by atomic mass is 9.82. The first-order valence-electron chi connectivity index (χ1n) is 6.81. The number of aliphatic hydroxyl groups is 1. The van der Waals surface area contributed by atoms with Crippen molar-refractivity contribution in [1.29, 1.82) is 0 Å². The lowest BCUT2D eigenvalue weighted by molar-refractivity contribution is -0.00761. The molecular formula is C13H25NO2. The molecule has 3 heteroatoms. The molecule has 2 rings (SSSR count). The minimum Gasteiger partial charge on any atom is -0.393 e. The van der Waals surface area contributed by atoms with E-state index in [1.807, 2.05) is 0 Å². The highest BCUT2D eigenvalue weighted by atomic mass is 16.5. The molecule has 0 amide bonds. The van der Waals surface area contributed by atoms with Gasteiger partial charge in [-0.15, -0.1) is 0 Å². The Kier molecular flexibility index (Phi) is 4.62. The summed E-state index contributed by atoms with van der Waals surface area (Å²) in [5.74, 6) is 0.711. The van der Waals surface area contributed by atoms with E-state index < -0.39 is 0 Å². The fraction of sp³-hybridized carbons (Fsp3) is 1.00. The Morgan fingerprint density at radius 3 is 2.81 bits per heavy atom. The number of ether oxygens (including phenoxy) is 1. The summed E-state index contributed by atoms with van der Waals surface area (Å²) >= 11 is 0. The molecule has 1 saturated carbocycles. The molecule has 2 fully saturated rings. The standard InChI is InChI=1S/C13H25NO2/c1-2-3-13-8-11(4-5-16-13)14-9-10-6-12(15)7-10/h10-15H,2-9H2,1H3. The van der Waals surface area contributed by atoms with E-state index in [1.54, 1.807) is 0 Å². The average molecular weight is 227 g/mol. The molecule has 3 nitrogen and oxygen atoms in total. The lowest BCUT2D eigenvalue weighted by Gasteiger charge is -2.35. The van der Waals surface area contributed by atoms with Crippen LogP contribution in [0.3, 0.4) is 0 Å². The third kappa shape index (κ3) is 3.44. The van der Waals surface area contributed by atoms with E-state index in [2.05, 4.69) is 12.2 Å². The summed E-state index contributed by atoms with van der Waals surface area (Å²) in [4.78, 5) is 0. The lowest BCUT2D eigenvalue weighted by Crippen LogP contribution is -2.44. The van der Waals surface area contributed by atoms with Crippen LogP contribution in [0.5, 0.6) is 0 Å². The highest BCUT2D eigenvalue weighted by molar-refractivity contribution is 4.83. The average Bonchev–Trinajstić information content (AvgIpc) is 2.24. The van der Waals surface area contributed by atoms with Gasteiger partial charge in [0.2, 0.25) is 0 Å². The molecule has 1 saturated heterocycles. The smallest absolute Gasteiger partial charge is 0.0589 e. The van der Waals surface area contributed by atoms with E-state index >= 15 is 0 Å². The van der Waals surface area contributed by atoms with Crippen LogP contribution >= 0.6 is 0 Å². The van der Waals surface area contributed by atoms with E-state index in [4.69, 9.17) is 4.74 Å². The van der Waals surface area contributed by atoms with Crippen LogP contribution < -0.4 is 5.32 Å². The van der Waals surface area contributed by atoms with Crippen molar-refractivity contribution in [2.45, 2.75) is 63.7 Å². The molecule has 16 heavy (non-hydrogen) atoms. The van der Waals surface area contributed by atoms with E-state index in [0.717, 1.165) is 32.4 Å². The van der Waals surface area contributed by atoms with Gasteiger partial charge in [0.05, 0.1) is 12.2 Å². The van der Waals surface area contributed by atoms with E-state index in [0.29, 0.717) is 18.1 Å². The van der Waals surface area contributed by atoms with Crippen molar-refractivity contribution in [3.63, 3.8) is 0 Å². The zero-order chi connectivity index (χ0) is 11.4. The Labute approximate surface area is 98.6 Å². The highest BCUT2D eigenvalue weighted by Crippen LogP contribution is 2.27. The van der Waals surface area contributed by atoms with Crippen LogP contribution in [-0.4, -0.2) is 36.5 Å². The van der Waals surface area contributed by atoms with Gasteiger partial charge < -0.3 is 15.2 Å². The molecule has 0 bridgehead atoms. The Hall–Kier alpha value is -0.120. The fourth-order valence-electron chi connectivity index (χ4n) is 2.79. The molecule has 0 spiro atoms. The number of hydrogen-bond donors (Lipinski definition) is 2. The monoisotopic (exact) mass is 227 g/mol. The van der Waals surface area contributed by atoms with Gasteiger partial charge in [-0.05, 0) is 44.6 Å². The van der Waals surface area contributed by atoms with Crippen LogP contribution in [0.2, 0.25) is 0 Å². The Bertz CT molecular complexity index is 202. The molecule has 2 atom stereocenters. The summed E-state index contributed by atoms with van der Waals surface area (Å²) < 4.78 is 5.73. The molecular weight excluding hydrogens is 202 g/mol. The molecule has 1 aliphatic heterocycles. The van der Waals surface area contributed by atoms with Gasteiger partial charge >= 0.3 is 0 Å². The summed E-state index contributed by atoms with van der Waals surface area (Å²) in [7, 11) is 0. The minimum atomic E-state index is -0.0191.